The Balaban J connectivity index is 2.37. The molecule has 0 aliphatic carbocycles. The number of rotatable bonds is 8. The molecule has 0 bridgehead atoms. The predicted octanol–water partition coefficient (Wildman–Crippen LogP) is 1.33. The number of carboxylic acids is 1. The maximum atomic E-state index is 11.7. The first-order valence-corrected chi connectivity index (χ1v) is 6.20. The molecule has 0 atom stereocenters. The molecule has 1 heterocycles. The number of unbranched alkanes of at least 4 members (excludes halogenated alkanes) is 1. The SMILES string of the molecule is CCCCOCCNC(=O)c1cc(C(=O)O)ccn1. The van der Waals surface area contributed by atoms with Crippen molar-refractivity contribution in [2.45, 2.75) is 19.8 Å². The second-order valence-corrected chi connectivity index (χ2v) is 3.96. The van der Waals surface area contributed by atoms with Crippen molar-refractivity contribution < 1.29 is 19.4 Å². The number of aromatic carboxylic acids is 1. The van der Waals surface area contributed by atoms with Crippen molar-refractivity contribution in [1.29, 1.82) is 0 Å². The Morgan fingerprint density at radius 3 is 2.89 bits per heavy atom. The predicted molar refractivity (Wildman–Crippen MR) is 69.3 cm³/mol. The molecule has 0 radical (unpaired) electrons. The number of carbonyl (C=O) groups is 2. The van der Waals surface area contributed by atoms with E-state index >= 15 is 0 Å². The number of carboxylic acid groups (broad SMARTS) is 1. The normalized spacial score (nSPS) is 10.2. The first-order chi connectivity index (χ1) is 9.15. The van der Waals surface area contributed by atoms with E-state index in [1.54, 1.807) is 0 Å². The molecule has 0 aliphatic heterocycles. The zero-order valence-corrected chi connectivity index (χ0v) is 10.9. The summed E-state index contributed by atoms with van der Waals surface area (Å²) < 4.78 is 5.29. The summed E-state index contributed by atoms with van der Waals surface area (Å²) in [5.74, 6) is -1.48. The fourth-order valence-corrected chi connectivity index (χ4v) is 1.36. The molecule has 1 rings (SSSR count). The van der Waals surface area contributed by atoms with E-state index in [4.69, 9.17) is 9.84 Å². The van der Waals surface area contributed by atoms with Gasteiger partial charge in [-0.25, -0.2) is 4.79 Å². The average molecular weight is 266 g/mol. The van der Waals surface area contributed by atoms with Gasteiger partial charge in [0.05, 0.1) is 12.2 Å². The van der Waals surface area contributed by atoms with E-state index in [0.29, 0.717) is 19.8 Å². The molecule has 0 saturated heterocycles. The van der Waals surface area contributed by atoms with Gasteiger partial charge in [-0.05, 0) is 18.6 Å². The smallest absolute Gasteiger partial charge is 0.335 e. The van der Waals surface area contributed by atoms with Crippen molar-refractivity contribution in [2.24, 2.45) is 0 Å². The minimum absolute atomic E-state index is 0.0411. The highest BCUT2D eigenvalue weighted by atomic mass is 16.5. The van der Waals surface area contributed by atoms with Gasteiger partial charge in [-0.2, -0.15) is 0 Å². The maximum Gasteiger partial charge on any atom is 0.335 e. The Morgan fingerprint density at radius 1 is 1.42 bits per heavy atom. The van der Waals surface area contributed by atoms with Gasteiger partial charge in [0.2, 0.25) is 0 Å². The second kappa shape index (κ2) is 8.20. The van der Waals surface area contributed by atoms with Crippen LogP contribution in [0, 0.1) is 0 Å². The fraction of sp³-hybridized carbons (Fsp3) is 0.462. The molecular formula is C13H18N2O4. The third kappa shape index (κ3) is 5.48. The van der Waals surface area contributed by atoms with Gasteiger partial charge in [0, 0.05) is 19.3 Å². The highest BCUT2D eigenvalue weighted by Crippen LogP contribution is 2.01. The van der Waals surface area contributed by atoms with E-state index in [1.165, 1.54) is 18.3 Å². The Labute approximate surface area is 111 Å². The molecule has 1 aromatic rings. The number of nitrogens with zero attached hydrogens (tertiary/aromatic N) is 1. The molecule has 0 aliphatic rings. The van der Waals surface area contributed by atoms with E-state index in [0.717, 1.165) is 12.8 Å². The van der Waals surface area contributed by atoms with Crippen LogP contribution in [-0.4, -0.2) is 41.7 Å². The quantitative estimate of drug-likeness (QED) is 0.693. The minimum Gasteiger partial charge on any atom is -0.478 e. The lowest BCUT2D eigenvalue weighted by atomic mass is 10.2. The van der Waals surface area contributed by atoms with Gasteiger partial charge in [-0.1, -0.05) is 13.3 Å². The third-order valence-corrected chi connectivity index (χ3v) is 2.41. The molecule has 6 nitrogen and oxygen atoms in total. The summed E-state index contributed by atoms with van der Waals surface area (Å²) in [6.07, 6.45) is 3.37. The van der Waals surface area contributed by atoms with Crippen molar-refractivity contribution in [1.82, 2.24) is 10.3 Å². The summed E-state index contributed by atoms with van der Waals surface area (Å²) >= 11 is 0. The zero-order valence-electron chi connectivity index (χ0n) is 10.9. The summed E-state index contributed by atoms with van der Waals surface area (Å²) in [5.41, 5.74) is 0.132. The molecule has 0 spiro atoms. The molecular weight excluding hydrogens is 248 g/mol. The summed E-state index contributed by atoms with van der Waals surface area (Å²) in [6, 6.07) is 2.59. The molecule has 104 valence electrons. The molecule has 6 heteroatoms. The van der Waals surface area contributed by atoms with Crippen LogP contribution in [0.25, 0.3) is 0 Å². The van der Waals surface area contributed by atoms with E-state index in [-0.39, 0.29) is 11.3 Å². The van der Waals surface area contributed by atoms with Crippen LogP contribution in [0.1, 0.15) is 40.6 Å². The van der Waals surface area contributed by atoms with Crippen LogP contribution in [0.4, 0.5) is 0 Å². The number of nitrogens with one attached hydrogen (secondary N) is 1. The zero-order chi connectivity index (χ0) is 14.1. The number of ether oxygens (including phenoxy) is 1. The van der Waals surface area contributed by atoms with Crippen molar-refractivity contribution >= 4 is 11.9 Å². The van der Waals surface area contributed by atoms with Gasteiger partial charge in [-0.3, -0.25) is 9.78 Å². The summed E-state index contributed by atoms with van der Waals surface area (Å²) in [4.78, 5) is 26.3. The van der Waals surface area contributed by atoms with Crippen LogP contribution in [-0.2, 0) is 4.74 Å². The lowest BCUT2D eigenvalue weighted by Crippen LogP contribution is -2.28. The molecule has 2 N–H and O–H groups in total. The molecule has 0 aromatic carbocycles. The summed E-state index contributed by atoms with van der Waals surface area (Å²) in [5, 5.41) is 11.4. The van der Waals surface area contributed by atoms with E-state index < -0.39 is 11.9 Å². The van der Waals surface area contributed by atoms with Gasteiger partial charge in [-0.15, -0.1) is 0 Å². The van der Waals surface area contributed by atoms with Crippen LogP contribution in [0.2, 0.25) is 0 Å². The van der Waals surface area contributed by atoms with E-state index in [1.807, 2.05) is 0 Å². The largest absolute Gasteiger partial charge is 0.478 e. The topological polar surface area (TPSA) is 88.5 Å². The summed E-state index contributed by atoms with van der Waals surface area (Å²) in [7, 11) is 0. The number of hydrogen-bond acceptors (Lipinski definition) is 4. The first kappa shape index (κ1) is 15.1. The Bertz CT molecular complexity index is 434. The monoisotopic (exact) mass is 266 g/mol. The Kier molecular flexibility index (Phi) is 6.52. The number of hydrogen-bond donors (Lipinski definition) is 2. The van der Waals surface area contributed by atoms with Crippen molar-refractivity contribution in [3.63, 3.8) is 0 Å². The lowest BCUT2D eigenvalue weighted by Gasteiger charge is -2.06. The molecule has 0 fully saturated rings. The average Bonchev–Trinajstić information content (AvgIpc) is 2.42. The van der Waals surface area contributed by atoms with Gasteiger partial charge < -0.3 is 15.2 Å². The van der Waals surface area contributed by atoms with Crippen LogP contribution in [0.3, 0.4) is 0 Å². The maximum absolute atomic E-state index is 11.7. The molecule has 1 aromatic heterocycles. The number of pyridine rings is 1. The Morgan fingerprint density at radius 2 is 2.21 bits per heavy atom. The van der Waals surface area contributed by atoms with Crippen molar-refractivity contribution in [3.8, 4) is 0 Å². The Hall–Kier alpha value is -1.95. The second-order valence-electron chi connectivity index (χ2n) is 3.96. The highest BCUT2D eigenvalue weighted by Gasteiger charge is 2.10. The summed E-state index contributed by atoms with van der Waals surface area (Å²) in [6.45, 7) is 3.57. The van der Waals surface area contributed by atoms with Crippen molar-refractivity contribution in [3.05, 3.63) is 29.6 Å². The van der Waals surface area contributed by atoms with Gasteiger partial charge in [0.1, 0.15) is 5.69 Å². The molecule has 1 amide bonds. The lowest BCUT2D eigenvalue weighted by molar-refractivity contribution is 0.0696. The minimum atomic E-state index is -1.08. The van der Waals surface area contributed by atoms with Crippen LogP contribution in [0.15, 0.2) is 18.3 Å². The van der Waals surface area contributed by atoms with Gasteiger partial charge in [0.15, 0.2) is 0 Å². The first-order valence-electron chi connectivity index (χ1n) is 6.20. The number of carbonyl (C=O) groups excluding carboxylic acids is 1. The number of aromatic nitrogens is 1. The van der Waals surface area contributed by atoms with Crippen LogP contribution < -0.4 is 5.32 Å². The fourth-order valence-electron chi connectivity index (χ4n) is 1.36. The van der Waals surface area contributed by atoms with Crippen molar-refractivity contribution in [2.75, 3.05) is 19.8 Å². The van der Waals surface area contributed by atoms with Gasteiger partial charge >= 0.3 is 5.97 Å². The van der Waals surface area contributed by atoms with E-state index in [2.05, 4.69) is 17.2 Å². The molecule has 19 heavy (non-hydrogen) atoms. The highest BCUT2D eigenvalue weighted by molar-refractivity contribution is 5.95. The molecule has 0 saturated carbocycles. The van der Waals surface area contributed by atoms with E-state index in [9.17, 15) is 9.59 Å². The molecule has 0 unspecified atom stereocenters. The van der Waals surface area contributed by atoms with Crippen LogP contribution in [0.5, 0.6) is 0 Å². The number of amides is 1. The third-order valence-electron chi connectivity index (χ3n) is 2.41. The standard InChI is InChI=1S/C13H18N2O4/c1-2-3-7-19-8-6-15-12(16)11-9-10(13(17)18)4-5-14-11/h4-5,9H,2-3,6-8H2,1H3,(H,15,16)(H,17,18). The van der Waals surface area contributed by atoms with Crippen LogP contribution >= 0.6 is 0 Å². The van der Waals surface area contributed by atoms with Gasteiger partial charge in [0.25, 0.3) is 5.91 Å².